The summed E-state index contributed by atoms with van der Waals surface area (Å²) < 4.78 is 0.892. The summed E-state index contributed by atoms with van der Waals surface area (Å²) in [4.78, 5) is 42.8. The maximum Gasteiger partial charge on any atom is 0.369 e. The summed E-state index contributed by atoms with van der Waals surface area (Å²) in [7, 11) is 0. The number of hydrogen-bond acceptors (Lipinski definition) is 3. The van der Waals surface area contributed by atoms with Gasteiger partial charge in [-0.25, -0.2) is 9.59 Å². The van der Waals surface area contributed by atoms with Gasteiger partial charge in [-0.3, -0.25) is 14.3 Å². The van der Waals surface area contributed by atoms with Crippen LogP contribution in [0.5, 0.6) is 0 Å². The van der Waals surface area contributed by atoms with Crippen LogP contribution in [0.3, 0.4) is 0 Å². The second-order valence-corrected chi connectivity index (χ2v) is 2.84. The van der Waals surface area contributed by atoms with Crippen LogP contribution in [0, 0.1) is 0 Å². The number of rotatable bonds is 2. The van der Waals surface area contributed by atoms with E-state index in [1.807, 2.05) is 0 Å². The third kappa shape index (κ3) is 1.33. The van der Waals surface area contributed by atoms with Gasteiger partial charge in [-0.1, -0.05) is 6.08 Å². The lowest BCUT2D eigenvalue weighted by molar-refractivity contribution is 0.256. The normalized spacial score (nSPS) is 12.9. The van der Waals surface area contributed by atoms with Gasteiger partial charge in [0, 0.05) is 6.54 Å². The molecule has 2 heterocycles. The number of carbonyl (C=O) groups excluding carboxylic acids is 1. The third-order valence-corrected chi connectivity index (χ3v) is 1.87. The zero-order valence-electron chi connectivity index (χ0n) is 7.56. The second kappa shape index (κ2) is 3.12. The lowest BCUT2D eigenvalue weighted by Gasteiger charge is -1.96. The minimum absolute atomic E-state index is 0.0607. The van der Waals surface area contributed by atoms with Gasteiger partial charge in [0.1, 0.15) is 0 Å². The molecule has 2 amide bonds. The van der Waals surface area contributed by atoms with E-state index in [2.05, 4.69) is 21.5 Å². The van der Waals surface area contributed by atoms with E-state index in [0.29, 0.717) is 0 Å². The topological polar surface area (TPSA) is 96.6 Å². The van der Waals surface area contributed by atoms with Gasteiger partial charge >= 0.3 is 11.7 Å². The molecule has 0 unspecified atom stereocenters. The van der Waals surface area contributed by atoms with Crippen molar-refractivity contribution < 1.29 is 4.79 Å². The fourth-order valence-corrected chi connectivity index (χ4v) is 1.24. The molecule has 1 N–H and O–H groups in total. The van der Waals surface area contributed by atoms with E-state index in [-0.39, 0.29) is 17.4 Å². The Balaban J connectivity index is 2.94. The molecule has 1 aromatic rings. The lowest BCUT2D eigenvalue weighted by atomic mass is 10.5. The molecule has 0 saturated carbocycles. The highest BCUT2D eigenvalue weighted by atomic mass is 16.2. The average molecular weight is 206 g/mol. The van der Waals surface area contributed by atoms with Crippen LogP contribution in [-0.2, 0) is 6.54 Å². The van der Waals surface area contributed by atoms with Crippen LogP contribution < -0.4 is 22.1 Å². The predicted octanol–water partition coefficient (Wildman–Crippen LogP) is -1.90. The molecule has 76 valence electrons. The zero-order valence-corrected chi connectivity index (χ0v) is 7.56. The van der Waals surface area contributed by atoms with E-state index in [1.54, 1.807) is 0 Å². The SMILES string of the molecule is C=CCn1c(=O)[nH]c2c(c1=O)=NC(=O)N=2. The zero-order chi connectivity index (χ0) is 11.0. The van der Waals surface area contributed by atoms with Gasteiger partial charge in [-0.15, -0.1) is 6.58 Å². The van der Waals surface area contributed by atoms with Gasteiger partial charge in [-0.2, -0.15) is 9.98 Å². The molecule has 0 aromatic carbocycles. The number of hydrogen-bond donors (Lipinski definition) is 1. The highest BCUT2D eigenvalue weighted by Crippen LogP contribution is 1.78. The molecule has 1 aliphatic heterocycles. The number of carbonyl (C=O) groups is 1. The first-order valence-corrected chi connectivity index (χ1v) is 4.09. The van der Waals surface area contributed by atoms with Gasteiger partial charge in [0.05, 0.1) is 0 Å². The van der Waals surface area contributed by atoms with E-state index >= 15 is 0 Å². The Labute approximate surface area is 82.1 Å². The molecule has 2 rings (SSSR count). The molecular weight excluding hydrogens is 200 g/mol. The van der Waals surface area contributed by atoms with Gasteiger partial charge in [0.2, 0.25) is 0 Å². The number of aromatic amines is 1. The quantitative estimate of drug-likeness (QED) is 0.572. The van der Waals surface area contributed by atoms with Crippen molar-refractivity contribution >= 4 is 6.03 Å². The molecule has 0 bridgehead atoms. The first-order valence-electron chi connectivity index (χ1n) is 4.09. The van der Waals surface area contributed by atoms with Crippen LogP contribution in [0.1, 0.15) is 0 Å². The highest BCUT2D eigenvalue weighted by molar-refractivity contribution is 5.77. The number of nitrogens with one attached hydrogen (secondary N) is 1. The summed E-state index contributed by atoms with van der Waals surface area (Å²) >= 11 is 0. The van der Waals surface area contributed by atoms with Crippen molar-refractivity contribution in [3.63, 3.8) is 0 Å². The van der Waals surface area contributed by atoms with Crippen LogP contribution in [-0.4, -0.2) is 15.6 Å². The van der Waals surface area contributed by atoms with E-state index < -0.39 is 17.3 Å². The van der Waals surface area contributed by atoms with Crippen molar-refractivity contribution in [2.24, 2.45) is 9.98 Å². The fraction of sp³-hybridized carbons (Fsp3) is 0.125. The Morgan fingerprint density at radius 3 is 2.73 bits per heavy atom. The Kier molecular flexibility index (Phi) is 1.93. The molecule has 15 heavy (non-hydrogen) atoms. The fourth-order valence-electron chi connectivity index (χ4n) is 1.24. The summed E-state index contributed by atoms with van der Waals surface area (Å²) in [5, 5.41) is -0.124. The van der Waals surface area contributed by atoms with Crippen LogP contribution in [0.2, 0.25) is 0 Å². The maximum atomic E-state index is 11.6. The molecule has 7 nitrogen and oxygen atoms in total. The van der Waals surface area contributed by atoms with Gasteiger partial charge < -0.3 is 0 Å². The number of fused-ring (bicyclic) bond motifs is 1. The molecule has 1 aromatic heterocycles. The number of amides is 2. The monoisotopic (exact) mass is 206 g/mol. The van der Waals surface area contributed by atoms with E-state index in [1.165, 1.54) is 6.08 Å². The van der Waals surface area contributed by atoms with Crippen molar-refractivity contribution in [3.05, 3.63) is 44.3 Å². The van der Waals surface area contributed by atoms with E-state index in [4.69, 9.17) is 0 Å². The van der Waals surface area contributed by atoms with Gasteiger partial charge in [0.25, 0.3) is 5.56 Å². The minimum atomic E-state index is -0.783. The van der Waals surface area contributed by atoms with Crippen molar-refractivity contribution in [1.82, 2.24) is 9.55 Å². The van der Waals surface area contributed by atoms with Crippen LogP contribution in [0.25, 0.3) is 0 Å². The molecule has 0 fully saturated rings. The molecule has 1 aliphatic rings. The average Bonchev–Trinajstić information content (AvgIpc) is 2.53. The Bertz CT molecular complexity index is 679. The molecule has 0 spiro atoms. The number of aromatic nitrogens is 2. The van der Waals surface area contributed by atoms with Gasteiger partial charge in [0.15, 0.2) is 10.8 Å². The first-order chi connectivity index (χ1) is 7.13. The Morgan fingerprint density at radius 1 is 1.33 bits per heavy atom. The van der Waals surface area contributed by atoms with Crippen LogP contribution in [0.4, 0.5) is 4.79 Å². The standard InChI is InChI=1S/C8H6N4O3/c1-2-3-12-6(13)4-5(11-8(12)15)10-7(14)9-4/h2H,1,3H2,(H,10,11,14,15). The van der Waals surface area contributed by atoms with Crippen molar-refractivity contribution in [1.29, 1.82) is 0 Å². The lowest BCUT2D eigenvalue weighted by Crippen LogP contribution is -2.52. The van der Waals surface area contributed by atoms with Crippen molar-refractivity contribution in [3.8, 4) is 0 Å². The first kappa shape index (κ1) is 9.25. The molecule has 0 aliphatic carbocycles. The Hall–Kier alpha value is -2.31. The van der Waals surface area contributed by atoms with Gasteiger partial charge in [-0.05, 0) is 0 Å². The maximum absolute atomic E-state index is 11.6. The van der Waals surface area contributed by atoms with E-state index in [9.17, 15) is 14.4 Å². The summed E-state index contributed by atoms with van der Waals surface area (Å²) in [5.74, 6) is 0. The number of allylic oxidation sites excluding steroid dienone is 1. The molecule has 0 radical (unpaired) electrons. The summed E-state index contributed by atoms with van der Waals surface area (Å²) in [6.07, 6.45) is 1.40. The number of H-pyrrole nitrogens is 1. The van der Waals surface area contributed by atoms with E-state index in [0.717, 1.165) is 4.57 Å². The van der Waals surface area contributed by atoms with Crippen LogP contribution in [0.15, 0.2) is 32.2 Å². The summed E-state index contributed by atoms with van der Waals surface area (Å²) in [6, 6.07) is -0.783. The van der Waals surface area contributed by atoms with Crippen LogP contribution >= 0.6 is 0 Å². The second-order valence-electron chi connectivity index (χ2n) is 2.84. The highest BCUT2D eigenvalue weighted by Gasteiger charge is 2.12. The van der Waals surface area contributed by atoms with Crippen molar-refractivity contribution in [2.75, 3.05) is 0 Å². The Morgan fingerprint density at radius 2 is 2.07 bits per heavy atom. The smallest absolute Gasteiger partial charge is 0.290 e. The largest absolute Gasteiger partial charge is 0.369 e. The third-order valence-electron chi connectivity index (χ3n) is 1.87. The molecule has 7 heteroatoms. The minimum Gasteiger partial charge on any atom is -0.290 e. The number of urea groups is 1. The molecular formula is C8H6N4O3. The summed E-state index contributed by atoms with van der Waals surface area (Å²) in [5.41, 5.74) is -1.34. The molecule has 0 saturated heterocycles. The molecule has 0 atom stereocenters. The predicted molar refractivity (Wildman–Crippen MR) is 49.2 cm³/mol. The van der Waals surface area contributed by atoms with Crippen molar-refractivity contribution in [2.45, 2.75) is 6.54 Å². The number of nitrogens with zero attached hydrogens (tertiary/aromatic N) is 3. The summed E-state index contributed by atoms with van der Waals surface area (Å²) in [6.45, 7) is 3.47.